The van der Waals surface area contributed by atoms with Gasteiger partial charge >= 0.3 is 11.9 Å². The third-order valence-corrected chi connectivity index (χ3v) is 11.2. The van der Waals surface area contributed by atoms with E-state index in [1.54, 1.807) is 46.6 Å². The van der Waals surface area contributed by atoms with Crippen molar-refractivity contribution >= 4 is 49.0 Å². The van der Waals surface area contributed by atoms with Gasteiger partial charge < -0.3 is 29.4 Å². The maximum atomic E-state index is 14.2. The van der Waals surface area contributed by atoms with Gasteiger partial charge in [-0.25, -0.2) is 8.78 Å². The van der Waals surface area contributed by atoms with Gasteiger partial charge in [0.15, 0.2) is 0 Å². The molecule has 0 heterocycles. The normalized spacial score (nSPS) is 14.0. The molecule has 62 heavy (non-hydrogen) atoms. The second kappa shape index (κ2) is 25.5. The van der Waals surface area contributed by atoms with Crippen molar-refractivity contribution in [1.29, 1.82) is 0 Å². The Labute approximate surface area is 377 Å². The van der Waals surface area contributed by atoms with Crippen molar-refractivity contribution in [3.8, 4) is 22.3 Å². The van der Waals surface area contributed by atoms with Crippen LogP contribution in [0.15, 0.2) is 84.9 Å². The Hall–Kier alpha value is -3.77. The predicted molar refractivity (Wildman–Crippen MR) is 248 cm³/mol. The Balaban J connectivity index is 0.000000331. The molecule has 0 radical (unpaired) electrons. The van der Waals surface area contributed by atoms with E-state index in [0.29, 0.717) is 72.7 Å². The van der Waals surface area contributed by atoms with E-state index in [4.69, 9.17) is 37.4 Å². The molecule has 14 heteroatoms. The summed E-state index contributed by atoms with van der Waals surface area (Å²) in [4.78, 5) is 25.0. The minimum Gasteiger partial charge on any atom is -0.466 e. The first-order valence-electron chi connectivity index (χ1n) is 21.3. The quantitative estimate of drug-likeness (QED) is 0.0527. The van der Waals surface area contributed by atoms with Gasteiger partial charge in [-0.3, -0.25) is 9.59 Å². The number of hydrogen-bond donors (Lipinski definition) is 3. The van der Waals surface area contributed by atoms with Crippen LogP contribution in [-0.2, 0) is 36.6 Å². The van der Waals surface area contributed by atoms with Crippen LogP contribution in [0.5, 0.6) is 0 Å². The number of benzene rings is 4. The van der Waals surface area contributed by atoms with Crippen LogP contribution in [0.4, 0.5) is 8.78 Å². The lowest BCUT2D eigenvalue weighted by molar-refractivity contribution is -0.159. The zero-order valence-electron chi connectivity index (χ0n) is 37.1. The van der Waals surface area contributed by atoms with Gasteiger partial charge in [0.25, 0.3) is 13.8 Å². The number of carbonyl (C=O) groups is 2. The highest BCUT2D eigenvalue weighted by molar-refractivity contribution is 6.48. The standard InChI is InChI=1S/C25H33BClFO4.C23H29BClFO4/c1-5-31-17-25(3,24(29)32-6-2)15-19(16-26(4)30)13-18-7-9-20(10-8-18)22-14-21(27)11-12-23(22)28;1-4-30-22(28)23(2,15-27)13-17(14-24(3)29)11-16-5-7-18(8-6-16)20-12-19(25)9-10-21(20)26/h7-12,14,19,30H,5-6,13,15-17H2,1-4H3;5-10,12,17,27,29H,4,11,13-15H2,1-3H3/t19-,25+;17-,23+/m11/s1. The summed E-state index contributed by atoms with van der Waals surface area (Å²) in [7, 11) is 0. The van der Waals surface area contributed by atoms with Crippen molar-refractivity contribution in [2.45, 2.75) is 86.6 Å². The van der Waals surface area contributed by atoms with E-state index in [1.807, 2.05) is 62.4 Å². The minimum absolute atomic E-state index is 0.0404. The maximum absolute atomic E-state index is 14.2. The second-order valence-corrected chi connectivity index (χ2v) is 17.6. The van der Waals surface area contributed by atoms with Gasteiger partial charge in [-0.1, -0.05) is 85.4 Å². The van der Waals surface area contributed by atoms with Gasteiger partial charge in [0, 0.05) is 27.8 Å². The molecule has 4 atom stereocenters. The Kier molecular flexibility index (Phi) is 21.6. The average Bonchev–Trinajstić information content (AvgIpc) is 3.22. The lowest BCUT2D eigenvalue weighted by Gasteiger charge is -2.31. The number of carbonyl (C=O) groups excluding carboxylic acids is 2. The monoisotopic (exact) mass is 896 g/mol. The van der Waals surface area contributed by atoms with E-state index < -0.39 is 30.6 Å². The third kappa shape index (κ3) is 16.4. The van der Waals surface area contributed by atoms with Crippen molar-refractivity contribution in [3.05, 3.63) is 118 Å². The largest absolute Gasteiger partial charge is 0.466 e. The number of esters is 2. The first-order chi connectivity index (χ1) is 29.4. The molecule has 3 N–H and O–H groups in total. The predicted octanol–water partition coefficient (Wildman–Crippen LogP) is 10.8. The van der Waals surface area contributed by atoms with Crippen LogP contribution >= 0.6 is 23.2 Å². The van der Waals surface area contributed by atoms with Crippen molar-refractivity contribution in [2.24, 2.45) is 22.7 Å². The summed E-state index contributed by atoms with van der Waals surface area (Å²) >= 11 is 12.0. The molecule has 0 amide bonds. The maximum Gasteiger partial charge on any atom is 0.314 e. The number of aliphatic hydroxyl groups excluding tert-OH is 1. The summed E-state index contributed by atoms with van der Waals surface area (Å²) in [6.07, 6.45) is 3.23. The summed E-state index contributed by atoms with van der Waals surface area (Å²) in [5.74, 6) is -1.38. The van der Waals surface area contributed by atoms with Crippen LogP contribution < -0.4 is 0 Å². The molecule has 4 aromatic carbocycles. The Bertz CT molecular complexity index is 2000. The molecule has 0 bridgehead atoms. The molecular weight excluding hydrogens is 835 g/mol. The van der Waals surface area contributed by atoms with E-state index >= 15 is 0 Å². The molecule has 0 saturated carbocycles. The molecule has 0 unspecified atom stereocenters. The summed E-state index contributed by atoms with van der Waals surface area (Å²) in [6, 6.07) is 24.1. The second-order valence-electron chi connectivity index (χ2n) is 16.7. The van der Waals surface area contributed by atoms with Crippen molar-refractivity contribution in [1.82, 2.24) is 0 Å². The van der Waals surface area contributed by atoms with Gasteiger partial charge in [0.1, 0.15) is 11.6 Å². The molecule has 0 aliphatic carbocycles. The van der Waals surface area contributed by atoms with Crippen LogP contribution in [0, 0.1) is 34.3 Å². The van der Waals surface area contributed by atoms with Crippen LogP contribution in [0.2, 0.25) is 36.3 Å². The van der Waals surface area contributed by atoms with Crippen molar-refractivity contribution < 1.29 is 47.7 Å². The van der Waals surface area contributed by atoms with Crippen molar-refractivity contribution in [2.75, 3.05) is 33.0 Å². The molecule has 8 nitrogen and oxygen atoms in total. The lowest BCUT2D eigenvalue weighted by atomic mass is 9.60. The van der Waals surface area contributed by atoms with Crippen LogP contribution in [-0.4, -0.2) is 74.0 Å². The van der Waals surface area contributed by atoms with E-state index in [-0.39, 0.29) is 49.3 Å². The van der Waals surface area contributed by atoms with Gasteiger partial charge in [0.2, 0.25) is 0 Å². The summed E-state index contributed by atoms with van der Waals surface area (Å²) in [6.45, 7) is 12.4. The number of hydrogen-bond acceptors (Lipinski definition) is 8. The van der Waals surface area contributed by atoms with Crippen LogP contribution in [0.3, 0.4) is 0 Å². The fourth-order valence-corrected chi connectivity index (χ4v) is 8.16. The first-order valence-corrected chi connectivity index (χ1v) is 22.1. The van der Waals surface area contributed by atoms with E-state index in [2.05, 4.69) is 0 Å². The Morgan fingerprint density at radius 1 is 0.645 bits per heavy atom. The van der Waals surface area contributed by atoms with E-state index in [9.17, 15) is 33.5 Å². The SMILES string of the molecule is CCOC(=O)[C@](C)(CO)C[C@H](CB(C)O)Cc1ccc(-c2cc(Cl)ccc2F)cc1.CCOC[C@](C)(C[C@H](CB(C)O)Cc1ccc(-c2cc(Cl)ccc2F)cc1)C(=O)OCC. The number of halogens is 4. The molecule has 0 aliphatic rings. The van der Waals surface area contributed by atoms with E-state index in [1.165, 1.54) is 24.3 Å². The van der Waals surface area contributed by atoms with Gasteiger partial charge in [-0.15, -0.1) is 0 Å². The van der Waals surface area contributed by atoms with Crippen molar-refractivity contribution in [3.63, 3.8) is 0 Å². The Morgan fingerprint density at radius 3 is 1.39 bits per heavy atom. The zero-order valence-corrected chi connectivity index (χ0v) is 38.6. The fraction of sp³-hybridized carbons (Fsp3) is 0.458. The highest BCUT2D eigenvalue weighted by Crippen LogP contribution is 2.35. The zero-order chi connectivity index (χ0) is 46.0. The molecule has 4 rings (SSSR count). The molecule has 0 aromatic heterocycles. The summed E-state index contributed by atoms with van der Waals surface area (Å²) in [5.41, 5.74) is 2.57. The average molecular weight is 898 g/mol. The van der Waals surface area contributed by atoms with Crippen LogP contribution in [0.25, 0.3) is 22.3 Å². The molecular formula is C48H62B2Cl2F2O8. The topological polar surface area (TPSA) is 123 Å². The first kappa shape index (κ1) is 52.6. The molecule has 336 valence electrons. The molecule has 4 aromatic rings. The molecule has 0 fully saturated rings. The minimum atomic E-state index is -1.03. The lowest BCUT2D eigenvalue weighted by Crippen LogP contribution is -2.37. The number of ether oxygens (including phenoxy) is 3. The molecule has 0 aliphatic heterocycles. The highest BCUT2D eigenvalue weighted by atomic mass is 35.5. The van der Waals surface area contributed by atoms with Gasteiger partial charge in [0.05, 0.1) is 37.3 Å². The fourth-order valence-electron chi connectivity index (χ4n) is 7.81. The third-order valence-electron chi connectivity index (χ3n) is 10.8. The van der Waals surface area contributed by atoms with Gasteiger partial charge in [-0.2, -0.15) is 0 Å². The number of aliphatic hydroxyl groups is 1. The highest BCUT2D eigenvalue weighted by Gasteiger charge is 2.39. The van der Waals surface area contributed by atoms with E-state index in [0.717, 1.165) is 22.3 Å². The summed E-state index contributed by atoms with van der Waals surface area (Å²) < 4.78 is 44.4. The van der Waals surface area contributed by atoms with Crippen LogP contribution in [0.1, 0.15) is 58.6 Å². The number of rotatable bonds is 22. The molecule has 0 saturated heterocycles. The summed E-state index contributed by atoms with van der Waals surface area (Å²) in [5, 5.41) is 30.8. The Morgan fingerprint density at radius 2 is 1.03 bits per heavy atom. The molecule has 0 spiro atoms. The smallest absolute Gasteiger partial charge is 0.314 e. The van der Waals surface area contributed by atoms with Gasteiger partial charge in [-0.05, 0) is 143 Å².